The minimum atomic E-state index is -0.350. The molecule has 1 aromatic carbocycles. The highest BCUT2D eigenvalue weighted by Gasteiger charge is 2.22. The van der Waals surface area contributed by atoms with Crippen LogP contribution in [0.4, 0.5) is 10.6 Å². The lowest BCUT2D eigenvalue weighted by atomic mass is 10.0. The van der Waals surface area contributed by atoms with E-state index < -0.39 is 0 Å². The van der Waals surface area contributed by atoms with Crippen LogP contribution in [0.3, 0.4) is 0 Å². The summed E-state index contributed by atoms with van der Waals surface area (Å²) >= 11 is 0. The molecule has 3 aromatic rings. The first-order chi connectivity index (χ1) is 11.0. The fourth-order valence-corrected chi connectivity index (χ4v) is 2.39. The zero-order valence-electron chi connectivity index (χ0n) is 13.3. The van der Waals surface area contributed by atoms with E-state index in [1.54, 1.807) is 13.0 Å². The third-order valence-corrected chi connectivity index (χ3v) is 3.53. The monoisotopic (exact) mass is 313 g/mol. The Kier molecular flexibility index (Phi) is 4.01. The molecule has 1 unspecified atom stereocenters. The number of benzene rings is 1. The molecule has 0 fully saturated rings. The van der Waals surface area contributed by atoms with Crippen LogP contribution in [-0.4, -0.2) is 21.2 Å². The zero-order chi connectivity index (χ0) is 16.4. The van der Waals surface area contributed by atoms with E-state index in [4.69, 9.17) is 4.52 Å². The van der Waals surface area contributed by atoms with Gasteiger partial charge in [-0.25, -0.2) is 9.78 Å². The summed E-state index contributed by atoms with van der Waals surface area (Å²) in [5.74, 6) is 1.91. The summed E-state index contributed by atoms with van der Waals surface area (Å²) < 4.78 is 4.93. The Morgan fingerprint density at radius 1 is 1.30 bits per heavy atom. The van der Waals surface area contributed by atoms with Gasteiger partial charge in [0.05, 0.1) is 17.1 Å². The number of aromatic nitrogens is 3. The molecule has 1 atom stereocenters. The first-order valence-corrected chi connectivity index (χ1v) is 7.48. The second kappa shape index (κ2) is 6.12. The highest BCUT2D eigenvalue weighted by atomic mass is 16.5. The Morgan fingerprint density at radius 2 is 2.09 bits per heavy atom. The molecular weight excluding hydrogens is 294 g/mol. The molecule has 0 saturated carbocycles. The van der Waals surface area contributed by atoms with Crippen molar-refractivity contribution in [1.29, 1.82) is 0 Å². The molecule has 0 aliphatic heterocycles. The smallest absolute Gasteiger partial charge is 0.321 e. The molecular formula is C16H19N5O2. The molecule has 3 N–H and O–H groups in total. The number of carbonyl (C=O) groups excluding carboxylic acids is 1. The van der Waals surface area contributed by atoms with Gasteiger partial charge in [0.1, 0.15) is 11.6 Å². The van der Waals surface area contributed by atoms with Crippen LogP contribution >= 0.6 is 0 Å². The van der Waals surface area contributed by atoms with E-state index in [0.29, 0.717) is 11.6 Å². The van der Waals surface area contributed by atoms with E-state index >= 15 is 0 Å². The van der Waals surface area contributed by atoms with Crippen molar-refractivity contribution in [3.63, 3.8) is 0 Å². The molecule has 0 aliphatic carbocycles. The van der Waals surface area contributed by atoms with E-state index in [1.807, 2.05) is 38.1 Å². The first-order valence-electron chi connectivity index (χ1n) is 7.48. The van der Waals surface area contributed by atoms with E-state index in [1.165, 1.54) is 0 Å². The van der Waals surface area contributed by atoms with Gasteiger partial charge in [-0.2, -0.15) is 0 Å². The molecule has 0 bridgehead atoms. The van der Waals surface area contributed by atoms with Gasteiger partial charge < -0.3 is 14.8 Å². The number of aromatic amines is 1. The largest absolute Gasteiger partial charge is 0.360 e. The van der Waals surface area contributed by atoms with Gasteiger partial charge in [-0.3, -0.25) is 5.32 Å². The predicted octanol–water partition coefficient (Wildman–Crippen LogP) is 3.38. The number of carbonyl (C=O) groups is 1. The molecule has 0 saturated heterocycles. The molecule has 3 rings (SSSR count). The summed E-state index contributed by atoms with van der Waals surface area (Å²) in [4.78, 5) is 20.0. The quantitative estimate of drug-likeness (QED) is 0.688. The maximum absolute atomic E-state index is 12.2. The van der Waals surface area contributed by atoms with Crippen molar-refractivity contribution < 1.29 is 9.32 Å². The van der Waals surface area contributed by atoms with Crippen LogP contribution in [0.1, 0.15) is 31.5 Å². The molecule has 2 heterocycles. The third-order valence-electron chi connectivity index (χ3n) is 3.53. The SMILES string of the molecule is Cc1cc(NC(=O)NC(c2nc3ccccc3[nH]2)C(C)C)no1. The molecule has 7 heteroatoms. The van der Waals surface area contributed by atoms with Crippen LogP contribution in [0.15, 0.2) is 34.9 Å². The Morgan fingerprint density at radius 3 is 2.74 bits per heavy atom. The first kappa shape index (κ1) is 15.1. The summed E-state index contributed by atoms with van der Waals surface area (Å²) in [7, 11) is 0. The van der Waals surface area contributed by atoms with Gasteiger partial charge in [0.15, 0.2) is 5.82 Å². The average Bonchev–Trinajstić information content (AvgIpc) is 3.10. The van der Waals surface area contributed by atoms with Crippen LogP contribution in [0.25, 0.3) is 11.0 Å². The molecule has 23 heavy (non-hydrogen) atoms. The van der Waals surface area contributed by atoms with Crippen LogP contribution in [-0.2, 0) is 0 Å². The molecule has 0 aliphatic rings. The third kappa shape index (κ3) is 3.33. The van der Waals surface area contributed by atoms with Crippen LogP contribution in [0, 0.1) is 12.8 Å². The summed E-state index contributed by atoms with van der Waals surface area (Å²) in [6.07, 6.45) is 0. The summed E-state index contributed by atoms with van der Waals surface area (Å²) in [5.41, 5.74) is 1.82. The maximum atomic E-state index is 12.2. The Labute approximate surface area is 133 Å². The topological polar surface area (TPSA) is 95.8 Å². The van der Waals surface area contributed by atoms with Gasteiger partial charge >= 0.3 is 6.03 Å². The number of anilines is 1. The van der Waals surface area contributed by atoms with E-state index in [9.17, 15) is 4.79 Å². The minimum absolute atomic E-state index is 0.167. The number of nitrogens with one attached hydrogen (secondary N) is 3. The van der Waals surface area contributed by atoms with Gasteiger partial charge in [0.2, 0.25) is 0 Å². The van der Waals surface area contributed by atoms with Crippen molar-refractivity contribution in [3.05, 3.63) is 41.9 Å². The molecule has 0 spiro atoms. The second-order valence-electron chi connectivity index (χ2n) is 5.78. The molecule has 2 amide bonds. The number of urea groups is 1. The van der Waals surface area contributed by atoms with Crippen molar-refractivity contribution in [1.82, 2.24) is 20.4 Å². The number of amides is 2. The Bertz CT molecular complexity index is 788. The van der Waals surface area contributed by atoms with Crippen molar-refractivity contribution in [2.75, 3.05) is 5.32 Å². The zero-order valence-corrected chi connectivity index (χ0v) is 13.3. The number of nitrogens with zero attached hydrogens (tertiary/aromatic N) is 2. The minimum Gasteiger partial charge on any atom is -0.360 e. The van der Waals surface area contributed by atoms with Crippen molar-refractivity contribution >= 4 is 22.9 Å². The van der Waals surface area contributed by atoms with Crippen LogP contribution < -0.4 is 10.6 Å². The van der Waals surface area contributed by atoms with E-state index in [-0.39, 0.29) is 18.0 Å². The van der Waals surface area contributed by atoms with E-state index in [0.717, 1.165) is 16.9 Å². The summed E-state index contributed by atoms with van der Waals surface area (Å²) in [6, 6.07) is 8.84. The Hall–Kier alpha value is -2.83. The lowest BCUT2D eigenvalue weighted by molar-refractivity contribution is 0.243. The van der Waals surface area contributed by atoms with Gasteiger partial charge in [-0.15, -0.1) is 0 Å². The van der Waals surface area contributed by atoms with Crippen LogP contribution in [0.2, 0.25) is 0 Å². The standard InChI is InChI=1S/C16H19N5O2/c1-9(2)14(15-17-11-6-4-5-7-12(11)18-15)20-16(22)19-13-8-10(3)23-21-13/h4-9,14H,1-3H3,(H,17,18)(H2,19,20,21,22). The number of H-pyrrole nitrogens is 1. The van der Waals surface area contributed by atoms with Gasteiger partial charge in [-0.1, -0.05) is 31.1 Å². The molecule has 120 valence electrons. The second-order valence-corrected chi connectivity index (χ2v) is 5.78. The summed E-state index contributed by atoms with van der Waals surface area (Å²) in [5, 5.41) is 9.33. The number of aryl methyl sites for hydroxylation is 1. The van der Waals surface area contributed by atoms with Crippen LogP contribution in [0.5, 0.6) is 0 Å². The fourth-order valence-electron chi connectivity index (χ4n) is 2.39. The number of rotatable bonds is 4. The van der Waals surface area contributed by atoms with E-state index in [2.05, 4.69) is 25.8 Å². The number of para-hydroxylation sites is 2. The van der Waals surface area contributed by atoms with Crippen molar-refractivity contribution in [2.24, 2.45) is 5.92 Å². The van der Waals surface area contributed by atoms with Crippen molar-refractivity contribution in [2.45, 2.75) is 26.8 Å². The number of imidazole rings is 1. The normalized spacial score (nSPS) is 12.5. The molecule has 2 aromatic heterocycles. The fraction of sp³-hybridized carbons (Fsp3) is 0.312. The molecule has 7 nitrogen and oxygen atoms in total. The highest BCUT2D eigenvalue weighted by Crippen LogP contribution is 2.22. The number of fused-ring (bicyclic) bond motifs is 1. The van der Waals surface area contributed by atoms with Gasteiger partial charge in [0.25, 0.3) is 0 Å². The number of hydrogen-bond acceptors (Lipinski definition) is 4. The Balaban J connectivity index is 1.77. The predicted molar refractivity (Wildman–Crippen MR) is 87.1 cm³/mol. The van der Waals surface area contributed by atoms with Gasteiger partial charge in [-0.05, 0) is 25.0 Å². The number of hydrogen-bond donors (Lipinski definition) is 3. The maximum Gasteiger partial charge on any atom is 0.321 e. The summed E-state index contributed by atoms with van der Waals surface area (Å²) in [6.45, 7) is 5.82. The lowest BCUT2D eigenvalue weighted by Gasteiger charge is -2.20. The average molecular weight is 313 g/mol. The van der Waals surface area contributed by atoms with Gasteiger partial charge in [0, 0.05) is 6.07 Å². The molecule has 0 radical (unpaired) electrons. The lowest BCUT2D eigenvalue weighted by Crippen LogP contribution is -2.35. The van der Waals surface area contributed by atoms with Crippen molar-refractivity contribution in [3.8, 4) is 0 Å². The highest BCUT2D eigenvalue weighted by molar-refractivity contribution is 5.88.